The number of aliphatic carboxylic acids is 1. The number of carbonyl (C=O) groups is 2. The third-order valence-electron chi connectivity index (χ3n) is 2.24. The molecule has 7 heteroatoms. The second kappa shape index (κ2) is 7.81. The first-order valence-corrected chi connectivity index (χ1v) is 6.82. The van der Waals surface area contributed by atoms with Gasteiger partial charge >= 0.3 is 12.0 Å². The molecule has 1 heterocycles. The van der Waals surface area contributed by atoms with Gasteiger partial charge in [0, 0.05) is 18.0 Å². The van der Waals surface area contributed by atoms with Crippen LogP contribution in [0.2, 0.25) is 4.34 Å². The maximum absolute atomic E-state index is 11.7. The lowest BCUT2D eigenvalue weighted by Crippen LogP contribution is -2.43. The number of rotatable bonds is 7. The molecule has 0 aliphatic rings. The van der Waals surface area contributed by atoms with E-state index in [1.165, 1.54) is 22.3 Å². The van der Waals surface area contributed by atoms with E-state index in [1.54, 1.807) is 6.07 Å². The number of carboxylic acids is 1. The minimum absolute atomic E-state index is 0.197. The van der Waals surface area contributed by atoms with Gasteiger partial charge in [-0.15, -0.1) is 17.9 Å². The molecule has 0 spiro atoms. The summed E-state index contributed by atoms with van der Waals surface area (Å²) < 4.78 is 0.709. The molecule has 1 rings (SSSR count). The predicted octanol–water partition coefficient (Wildman–Crippen LogP) is 2.23. The van der Waals surface area contributed by atoms with Crippen molar-refractivity contribution in [1.82, 2.24) is 10.2 Å². The third-order valence-corrected chi connectivity index (χ3v) is 3.53. The van der Waals surface area contributed by atoms with Gasteiger partial charge in [-0.1, -0.05) is 17.7 Å². The molecule has 0 bridgehead atoms. The van der Waals surface area contributed by atoms with Crippen LogP contribution in [0.5, 0.6) is 0 Å². The molecule has 0 aromatic carbocycles. The van der Waals surface area contributed by atoms with Crippen LogP contribution in [0.15, 0.2) is 24.8 Å². The summed E-state index contributed by atoms with van der Waals surface area (Å²) in [6, 6.07) is 3.29. The minimum atomic E-state index is -1.05. The van der Waals surface area contributed by atoms with E-state index in [-0.39, 0.29) is 13.1 Å². The first kappa shape index (κ1) is 15.5. The van der Waals surface area contributed by atoms with Crippen molar-refractivity contribution in [3.8, 4) is 0 Å². The van der Waals surface area contributed by atoms with Crippen LogP contribution in [0.1, 0.15) is 4.88 Å². The molecule has 0 aliphatic heterocycles. The summed E-state index contributed by atoms with van der Waals surface area (Å²) in [5, 5.41) is 11.4. The van der Waals surface area contributed by atoms with Gasteiger partial charge in [0.25, 0.3) is 0 Å². The Balaban J connectivity index is 2.39. The highest BCUT2D eigenvalue weighted by Crippen LogP contribution is 2.21. The number of carboxylic acid groups (broad SMARTS) is 1. The molecule has 2 amide bonds. The van der Waals surface area contributed by atoms with Gasteiger partial charge in [-0.05, 0) is 18.6 Å². The lowest BCUT2D eigenvalue weighted by Gasteiger charge is -2.19. The molecule has 0 saturated carbocycles. The zero-order valence-electron chi connectivity index (χ0n) is 10.3. The van der Waals surface area contributed by atoms with E-state index >= 15 is 0 Å². The van der Waals surface area contributed by atoms with E-state index in [2.05, 4.69) is 11.9 Å². The van der Waals surface area contributed by atoms with Crippen LogP contribution in [-0.4, -0.2) is 41.6 Å². The quantitative estimate of drug-likeness (QED) is 0.759. The Morgan fingerprint density at radius 3 is 2.79 bits per heavy atom. The van der Waals surface area contributed by atoms with E-state index in [9.17, 15) is 9.59 Å². The molecular formula is C12H15ClN2O3S. The molecule has 0 radical (unpaired) electrons. The second-order valence-electron chi connectivity index (χ2n) is 3.75. The Morgan fingerprint density at radius 1 is 1.53 bits per heavy atom. The van der Waals surface area contributed by atoms with Gasteiger partial charge in [0.1, 0.15) is 6.54 Å². The summed E-state index contributed by atoms with van der Waals surface area (Å²) in [6.07, 6.45) is 2.15. The van der Waals surface area contributed by atoms with Gasteiger partial charge in [-0.3, -0.25) is 4.79 Å². The Labute approximate surface area is 120 Å². The van der Waals surface area contributed by atoms with Crippen LogP contribution in [0.3, 0.4) is 0 Å². The highest BCUT2D eigenvalue weighted by Gasteiger charge is 2.14. The zero-order chi connectivity index (χ0) is 14.3. The molecule has 0 fully saturated rings. The molecule has 0 saturated heterocycles. The Kier molecular flexibility index (Phi) is 6.38. The molecule has 1 aromatic rings. The van der Waals surface area contributed by atoms with Crippen molar-refractivity contribution in [3.05, 3.63) is 34.0 Å². The SMILES string of the molecule is C=CCN(CC(=O)O)C(=O)NCCc1ccc(Cl)s1. The van der Waals surface area contributed by atoms with Gasteiger partial charge in [-0.2, -0.15) is 0 Å². The van der Waals surface area contributed by atoms with Crippen LogP contribution in [0.4, 0.5) is 4.79 Å². The maximum Gasteiger partial charge on any atom is 0.323 e. The van der Waals surface area contributed by atoms with Crippen molar-refractivity contribution in [2.24, 2.45) is 0 Å². The van der Waals surface area contributed by atoms with Crippen molar-refractivity contribution in [3.63, 3.8) is 0 Å². The van der Waals surface area contributed by atoms with Crippen LogP contribution in [0.25, 0.3) is 0 Å². The summed E-state index contributed by atoms with van der Waals surface area (Å²) in [6.45, 7) is 3.78. The fraction of sp³-hybridized carbons (Fsp3) is 0.333. The van der Waals surface area contributed by atoms with Gasteiger partial charge < -0.3 is 15.3 Å². The molecular weight excluding hydrogens is 288 g/mol. The largest absolute Gasteiger partial charge is 0.480 e. The van der Waals surface area contributed by atoms with Gasteiger partial charge in [0.15, 0.2) is 0 Å². The van der Waals surface area contributed by atoms with Crippen molar-refractivity contribution >= 4 is 34.9 Å². The zero-order valence-corrected chi connectivity index (χ0v) is 11.8. The monoisotopic (exact) mass is 302 g/mol. The topological polar surface area (TPSA) is 69.6 Å². The smallest absolute Gasteiger partial charge is 0.323 e. The van der Waals surface area contributed by atoms with E-state index in [0.717, 1.165) is 4.88 Å². The van der Waals surface area contributed by atoms with Crippen molar-refractivity contribution < 1.29 is 14.7 Å². The lowest BCUT2D eigenvalue weighted by atomic mass is 10.3. The standard InChI is InChI=1S/C12H15ClN2O3S/c1-2-7-15(8-11(16)17)12(18)14-6-5-9-3-4-10(13)19-9/h2-4H,1,5-8H2,(H,14,18)(H,16,17). The Morgan fingerprint density at radius 2 is 2.26 bits per heavy atom. The van der Waals surface area contributed by atoms with E-state index in [0.29, 0.717) is 17.3 Å². The number of hydrogen-bond acceptors (Lipinski definition) is 3. The molecule has 5 nitrogen and oxygen atoms in total. The molecule has 104 valence electrons. The molecule has 1 aromatic heterocycles. The lowest BCUT2D eigenvalue weighted by molar-refractivity contribution is -0.137. The summed E-state index contributed by atoms with van der Waals surface area (Å²) in [5.41, 5.74) is 0. The fourth-order valence-corrected chi connectivity index (χ4v) is 2.52. The fourth-order valence-electron chi connectivity index (χ4n) is 1.43. The van der Waals surface area contributed by atoms with Crippen LogP contribution < -0.4 is 5.32 Å². The number of amides is 2. The van der Waals surface area contributed by atoms with Gasteiger partial charge in [-0.25, -0.2) is 4.79 Å². The van der Waals surface area contributed by atoms with Crippen molar-refractivity contribution in [2.45, 2.75) is 6.42 Å². The highest BCUT2D eigenvalue weighted by molar-refractivity contribution is 7.16. The average molecular weight is 303 g/mol. The van der Waals surface area contributed by atoms with E-state index < -0.39 is 12.0 Å². The number of halogens is 1. The summed E-state index contributed by atoms with van der Waals surface area (Å²) >= 11 is 7.26. The Hall–Kier alpha value is -1.53. The predicted molar refractivity (Wildman–Crippen MR) is 75.8 cm³/mol. The van der Waals surface area contributed by atoms with Gasteiger partial charge in [0.2, 0.25) is 0 Å². The van der Waals surface area contributed by atoms with Crippen LogP contribution in [0, 0.1) is 0 Å². The van der Waals surface area contributed by atoms with E-state index in [1.807, 2.05) is 6.07 Å². The molecule has 19 heavy (non-hydrogen) atoms. The first-order chi connectivity index (χ1) is 9.02. The summed E-state index contributed by atoms with van der Waals surface area (Å²) in [5.74, 6) is -1.05. The maximum atomic E-state index is 11.7. The molecule has 0 aliphatic carbocycles. The Bertz CT molecular complexity index is 462. The average Bonchev–Trinajstić information content (AvgIpc) is 2.74. The number of thiophene rings is 1. The van der Waals surface area contributed by atoms with Crippen molar-refractivity contribution in [1.29, 1.82) is 0 Å². The van der Waals surface area contributed by atoms with E-state index in [4.69, 9.17) is 16.7 Å². The first-order valence-electron chi connectivity index (χ1n) is 5.62. The summed E-state index contributed by atoms with van der Waals surface area (Å²) in [4.78, 5) is 24.6. The number of hydrogen-bond donors (Lipinski definition) is 2. The number of nitrogens with zero attached hydrogens (tertiary/aromatic N) is 1. The normalized spacial score (nSPS) is 9.95. The third kappa shape index (κ3) is 5.76. The molecule has 2 N–H and O–H groups in total. The number of nitrogens with one attached hydrogen (secondary N) is 1. The number of carbonyl (C=O) groups excluding carboxylic acids is 1. The van der Waals surface area contributed by atoms with Gasteiger partial charge in [0.05, 0.1) is 4.34 Å². The molecule has 0 atom stereocenters. The van der Waals surface area contributed by atoms with Crippen LogP contribution >= 0.6 is 22.9 Å². The number of urea groups is 1. The summed E-state index contributed by atoms with van der Waals surface area (Å²) in [7, 11) is 0. The molecule has 0 unspecified atom stereocenters. The highest BCUT2D eigenvalue weighted by atomic mass is 35.5. The second-order valence-corrected chi connectivity index (χ2v) is 5.55. The minimum Gasteiger partial charge on any atom is -0.480 e. The van der Waals surface area contributed by atoms with Crippen LogP contribution in [-0.2, 0) is 11.2 Å². The van der Waals surface area contributed by atoms with Crippen molar-refractivity contribution in [2.75, 3.05) is 19.6 Å².